The monoisotopic (exact) mass is 256 g/mol. The molecule has 19 heavy (non-hydrogen) atoms. The highest BCUT2D eigenvalue weighted by Crippen LogP contribution is 2.19. The lowest BCUT2D eigenvalue weighted by molar-refractivity contribution is -0.116. The van der Waals surface area contributed by atoms with Crippen LogP contribution in [-0.4, -0.2) is 19.2 Å². The van der Waals surface area contributed by atoms with Crippen LogP contribution in [0.25, 0.3) is 0 Å². The molecule has 0 unspecified atom stereocenters. The van der Waals surface area contributed by atoms with Gasteiger partial charge in [0, 0.05) is 19.7 Å². The fourth-order valence-electron chi connectivity index (χ4n) is 1.61. The van der Waals surface area contributed by atoms with E-state index in [9.17, 15) is 4.79 Å². The summed E-state index contributed by atoms with van der Waals surface area (Å²) in [6.07, 6.45) is 1.68. The van der Waals surface area contributed by atoms with Gasteiger partial charge in [-0.25, -0.2) is 0 Å². The van der Waals surface area contributed by atoms with Crippen molar-refractivity contribution in [2.45, 2.75) is 13.8 Å². The number of hydrogen-bond donors (Lipinski definition) is 0. The summed E-state index contributed by atoms with van der Waals surface area (Å²) in [6, 6.07) is 11.2. The molecule has 0 bridgehead atoms. The third-order valence-electron chi connectivity index (χ3n) is 2.81. The molecule has 1 aromatic heterocycles. The van der Waals surface area contributed by atoms with Crippen molar-refractivity contribution in [3.63, 3.8) is 0 Å². The minimum absolute atomic E-state index is 0.00214. The quantitative estimate of drug-likeness (QED) is 0.791. The second kappa shape index (κ2) is 5.52. The molecular weight excluding hydrogens is 240 g/mol. The van der Waals surface area contributed by atoms with Crippen LogP contribution in [0, 0.1) is 6.92 Å². The molecule has 2 rings (SSSR count). The third kappa shape index (κ3) is 3.31. The summed E-state index contributed by atoms with van der Waals surface area (Å²) >= 11 is 0. The van der Waals surface area contributed by atoms with E-state index in [4.69, 9.17) is 4.42 Å². The number of amides is 1. The highest BCUT2D eigenvalue weighted by molar-refractivity contribution is 5.91. The summed E-state index contributed by atoms with van der Waals surface area (Å²) in [5.41, 5.74) is 1.66. The number of hydrogen-bond acceptors (Lipinski definition) is 3. The zero-order valence-electron chi connectivity index (χ0n) is 11.3. The van der Waals surface area contributed by atoms with Crippen LogP contribution in [0.5, 0.6) is 0 Å². The van der Waals surface area contributed by atoms with Crippen LogP contribution in [-0.2, 0) is 4.79 Å². The van der Waals surface area contributed by atoms with Gasteiger partial charge in [-0.3, -0.25) is 9.79 Å². The van der Waals surface area contributed by atoms with E-state index in [1.165, 1.54) is 6.92 Å². The van der Waals surface area contributed by atoms with Gasteiger partial charge in [0.05, 0.1) is 11.9 Å². The van der Waals surface area contributed by atoms with Gasteiger partial charge in [-0.15, -0.1) is 0 Å². The Morgan fingerprint density at radius 1 is 1.21 bits per heavy atom. The molecule has 0 N–H and O–H groups in total. The van der Waals surface area contributed by atoms with E-state index in [2.05, 4.69) is 4.99 Å². The van der Waals surface area contributed by atoms with E-state index in [-0.39, 0.29) is 5.91 Å². The molecule has 0 aliphatic rings. The Morgan fingerprint density at radius 3 is 2.42 bits per heavy atom. The Balaban J connectivity index is 2.10. The number of carbonyl (C=O) groups is 1. The largest absolute Gasteiger partial charge is 0.460 e. The van der Waals surface area contributed by atoms with Gasteiger partial charge in [0.2, 0.25) is 5.91 Å². The van der Waals surface area contributed by atoms with Crippen molar-refractivity contribution in [3.05, 3.63) is 47.9 Å². The van der Waals surface area contributed by atoms with Crippen molar-refractivity contribution in [1.82, 2.24) is 0 Å². The van der Waals surface area contributed by atoms with Crippen LogP contribution in [0.4, 0.5) is 11.4 Å². The first kappa shape index (κ1) is 13.1. The molecule has 4 heteroatoms. The summed E-state index contributed by atoms with van der Waals surface area (Å²) in [5.74, 6) is 1.59. The van der Waals surface area contributed by atoms with E-state index >= 15 is 0 Å². The topological polar surface area (TPSA) is 45.8 Å². The molecule has 4 nitrogen and oxygen atoms in total. The van der Waals surface area contributed by atoms with Crippen LogP contribution in [0.15, 0.2) is 45.8 Å². The SMILES string of the molecule is CC(=O)N(C)c1ccc(N=Cc2ccc(C)o2)cc1. The van der Waals surface area contributed by atoms with E-state index in [0.29, 0.717) is 0 Å². The summed E-state index contributed by atoms with van der Waals surface area (Å²) in [4.78, 5) is 17.1. The average Bonchev–Trinajstić information content (AvgIpc) is 2.82. The van der Waals surface area contributed by atoms with Gasteiger partial charge >= 0.3 is 0 Å². The molecule has 0 saturated carbocycles. The molecule has 98 valence electrons. The molecule has 0 saturated heterocycles. The second-order valence-corrected chi connectivity index (χ2v) is 4.30. The Hall–Kier alpha value is -2.36. The van der Waals surface area contributed by atoms with Gasteiger partial charge in [0.25, 0.3) is 0 Å². The fraction of sp³-hybridized carbons (Fsp3) is 0.200. The Kier molecular flexibility index (Phi) is 3.80. The maximum atomic E-state index is 11.2. The molecule has 0 fully saturated rings. The number of aliphatic imine (C=N–C) groups is 1. The molecule has 0 atom stereocenters. The number of benzene rings is 1. The first-order chi connectivity index (χ1) is 9.06. The van der Waals surface area contributed by atoms with Crippen LogP contribution in [0.1, 0.15) is 18.4 Å². The van der Waals surface area contributed by atoms with Crippen LogP contribution in [0.3, 0.4) is 0 Å². The van der Waals surface area contributed by atoms with Gasteiger partial charge in [-0.2, -0.15) is 0 Å². The lowest BCUT2D eigenvalue weighted by Crippen LogP contribution is -2.22. The zero-order valence-corrected chi connectivity index (χ0v) is 11.3. The van der Waals surface area contributed by atoms with Crippen molar-refractivity contribution < 1.29 is 9.21 Å². The Bertz CT molecular complexity index is 597. The summed E-state index contributed by atoms with van der Waals surface area (Å²) in [7, 11) is 1.74. The lowest BCUT2D eigenvalue weighted by atomic mass is 10.2. The molecule has 0 radical (unpaired) electrons. The molecule has 0 spiro atoms. The van der Waals surface area contributed by atoms with E-state index < -0.39 is 0 Å². The van der Waals surface area contributed by atoms with E-state index in [1.807, 2.05) is 43.3 Å². The Labute approximate surface area is 112 Å². The predicted molar refractivity (Wildman–Crippen MR) is 76.2 cm³/mol. The molecule has 1 aromatic carbocycles. The molecular formula is C15H16N2O2. The van der Waals surface area contributed by atoms with Crippen LogP contribution >= 0.6 is 0 Å². The van der Waals surface area contributed by atoms with Crippen molar-refractivity contribution in [1.29, 1.82) is 0 Å². The molecule has 2 aromatic rings. The summed E-state index contributed by atoms with van der Waals surface area (Å²) in [5, 5.41) is 0. The first-order valence-electron chi connectivity index (χ1n) is 6.01. The first-order valence-corrected chi connectivity index (χ1v) is 6.01. The maximum Gasteiger partial charge on any atom is 0.223 e. The Morgan fingerprint density at radius 2 is 1.89 bits per heavy atom. The van der Waals surface area contributed by atoms with Crippen molar-refractivity contribution in [2.24, 2.45) is 4.99 Å². The smallest absolute Gasteiger partial charge is 0.223 e. The van der Waals surface area contributed by atoms with Gasteiger partial charge in [0.15, 0.2) is 0 Å². The van der Waals surface area contributed by atoms with E-state index in [0.717, 1.165) is 22.9 Å². The van der Waals surface area contributed by atoms with Gasteiger partial charge < -0.3 is 9.32 Å². The lowest BCUT2D eigenvalue weighted by Gasteiger charge is -2.14. The number of carbonyl (C=O) groups excluding carboxylic acids is 1. The molecule has 0 aliphatic carbocycles. The van der Waals surface area contributed by atoms with Crippen molar-refractivity contribution in [2.75, 3.05) is 11.9 Å². The minimum atomic E-state index is 0.00214. The highest BCUT2D eigenvalue weighted by atomic mass is 16.3. The summed E-state index contributed by atoms with van der Waals surface area (Å²) in [6.45, 7) is 3.43. The van der Waals surface area contributed by atoms with E-state index in [1.54, 1.807) is 18.2 Å². The van der Waals surface area contributed by atoms with Crippen molar-refractivity contribution >= 4 is 23.5 Å². The number of anilines is 1. The van der Waals surface area contributed by atoms with Gasteiger partial charge in [-0.1, -0.05) is 0 Å². The summed E-state index contributed by atoms with van der Waals surface area (Å²) < 4.78 is 5.40. The maximum absolute atomic E-state index is 11.2. The standard InChI is InChI=1S/C15H16N2O2/c1-11-4-9-15(19-11)10-16-13-5-7-14(8-6-13)17(3)12(2)18/h4-10H,1-3H3. The second-order valence-electron chi connectivity index (χ2n) is 4.30. The predicted octanol–water partition coefficient (Wildman–Crippen LogP) is 3.32. The van der Waals surface area contributed by atoms with Gasteiger partial charge in [0.1, 0.15) is 11.5 Å². The molecule has 0 aliphatic heterocycles. The minimum Gasteiger partial charge on any atom is -0.460 e. The number of nitrogens with zero attached hydrogens (tertiary/aromatic N) is 2. The molecule has 1 amide bonds. The number of rotatable bonds is 3. The number of furan rings is 1. The van der Waals surface area contributed by atoms with Crippen LogP contribution in [0.2, 0.25) is 0 Å². The number of aryl methyl sites for hydroxylation is 1. The van der Waals surface area contributed by atoms with Gasteiger partial charge in [-0.05, 0) is 43.3 Å². The van der Waals surface area contributed by atoms with Crippen molar-refractivity contribution in [3.8, 4) is 0 Å². The van der Waals surface area contributed by atoms with Crippen LogP contribution < -0.4 is 4.90 Å². The average molecular weight is 256 g/mol. The normalized spacial score (nSPS) is 10.9. The third-order valence-corrected chi connectivity index (χ3v) is 2.81. The zero-order chi connectivity index (χ0) is 13.8. The fourth-order valence-corrected chi connectivity index (χ4v) is 1.61. The highest BCUT2D eigenvalue weighted by Gasteiger charge is 2.04. The molecule has 1 heterocycles.